The Kier molecular flexibility index (Phi) is 3.74. The third-order valence-corrected chi connectivity index (χ3v) is 3.70. The van der Waals surface area contributed by atoms with Gasteiger partial charge in [0, 0.05) is 19.5 Å². The van der Waals surface area contributed by atoms with Crippen LogP contribution >= 0.6 is 0 Å². The Morgan fingerprint density at radius 3 is 2.95 bits per heavy atom. The molecule has 1 fully saturated rings. The average molecular weight is 303 g/mol. The van der Waals surface area contributed by atoms with E-state index in [0.717, 1.165) is 12.8 Å². The fourth-order valence-corrected chi connectivity index (χ4v) is 2.67. The van der Waals surface area contributed by atoms with Crippen LogP contribution in [-0.2, 0) is 11.3 Å². The van der Waals surface area contributed by atoms with Gasteiger partial charge in [0.05, 0.1) is 11.7 Å². The zero-order chi connectivity index (χ0) is 15.7. The van der Waals surface area contributed by atoms with Gasteiger partial charge in [-0.2, -0.15) is 10.1 Å². The van der Waals surface area contributed by atoms with E-state index in [2.05, 4.69) is 15.2 Å². The maximum atomic E-state index is 12.5. The number of hydrogen-bond donors (Lipinski definition) is 0. The summed E-state index contributed by atoms with van der Waals surface area (Å²) in [7, 11) is 0. The molecule has 0 aliphatic carbocycles. The van der Waals surface area contributed by atoms with Gasteiger partial charge >= 0.3 is 0 Å². The highest BCUT2D eigenvalue weighted by Gasteiger charge is 2.33. The van der Waals surface area contributed by atoms with Crippen molar-refractivity contribution in [2.24, 2.45) is 0 Å². The van der Waals surface area contributed by atoms with Crippen LogP contribution in [0.2, 0.25) is 0 Å². The zero-order valence-electron chi connectivity index (χ0n) is 12.5. The van der Waals surface area contributed by atoms with Gasteiger partial charge in [-0.1, -0.05) is 5.16 Å². The van der Waals surface area contributed by atoms with Gasteiger partial charge in [-0.05, 0) is 25.8 Å². The number of hydrogen-bond acceptors (Lipinski definition) is 6. The molecule has 3 rings (SSSR count). The second-order valence-electron chi connectivity index (χ2n) is 5.39. The van der Waals surface area contributed by atoms with E-state index in [4.69, 9.17) is 4.52 Å². The van der Waals surface area contributed by atoms with E-state index in [1.54, 1.807) is 24.8 Å². The van der Waals surface area contributed by atoms with Crippen molar-refractivity contribution in [1.29, 1.82) is 0 Å². The first-order valence-electron chi connectivity index (χ1n) is 7.19. The van der Waals surface area contributed by atoms with Crippen molar-refractivity contribution in [2.75, 3.05) is 6.54 Å². The molecule has 1 aliphatic heterocycles. The van der Waals surface area contributed by atoms with E-state index >= 15 is 0 Å². The fourth-order valence-electron chi connectivity index (χ4n) is 2.67. The number of aromatic nitrogens is 4. The molecule has 116 valence electrons. The molecule has 8 heteroatoms. The van der Waals surface area contributed by atoms with Crippen molar-refractivity contribution in [2.45, 2.75) is 39.3 Å². The summed E-state index contributed by atoms with van der Waals surface area (Å²) in [5.74, 6) is 0.837. The number of carbonyl (C=O) groups excluding carboxylic acids is 1. The molecule has 0 bridgehead atoms. The summed E-state index contributed by atoms with van der Waals surface area (Å²) in [4.78, 5) is 30.2. The molecule has 22 heavy (non-hydrogen) atoms. The highest BCUT2D eigenvalue weighted by molar-refractivity contribution is 5.76. The summed E-state index contributed by atoms with van der Waals surface area (Å²) in [5, 5.41) is 8.00. The molecule has 0 unspecified atom stereocenters. The minimum absolute atomic E-state index is 0.0755. The molecule has 0 radical (unpaired) electrons. The van der Waals surface area contributed by atoms with Crippen molar-refractivity contribution in [3.05, 3.63) is 39.9 Å². The van der Waals surface area contributed by atoms with E-state index in [1.165, 1.54) is 10.7 Å². The second-order valence-corrected chi connectivity index (χ2v) is 5.39. The topological polar surface area (TPSA) is 94.1 Å². The number of amides is 1. The van der Waals surface area contributed by atoms with Gasteiger partial charge in [-0.25, -0.2) is 4.68 Å². The first kappa shape index (κ1) is 14.4. The van der Waals surface area contributed by atoms with Crippen molar-refractivity contribution in [1.82, 2.24) is 24.8 Å². The molecular weight excluding hydrogens is 286 g/mol. The third-order valence-electron chi connectivity index (χ3n) is 3.70. The SMILES string of the molecule is Cc1ccc(=O)n(CC(=O)N2CCC[C@H]2c2noc(C)n2)n1. The Morgan fingerprint density at radius 1 is 1.41 bits per heavy atom. The van der Waals surface area contributed by atoms with Crippen LogP contribution in [0.5, 0.6) is 0 Å². The van der Waals surface area contributed by atoms with Crippen LogP contribution in [-0.4, -0.2) is 37.3 Å². The maximum Gasteiger partial charge on any atom is 0.267 e. The predicted molar refractivity (Wildman–Crippen MR) is 76.0 cm³/mol. The molecule has 2 aromatic heterocycles. The van der Waals surface area contributed by atoms with Gasteiger partial charge in [0.15, 0.2) is 5.82 Å². The average Bonchev–Trinajstić information content (AvgIpc) is 3.11. The van der Waals surface area contributed by atoms with Crippen molar-refractivity contribution in [3.8, 4) is 0 Å². The molecule has 1 aliphatic rings. The highest BCUT2D eigenvalue weighted by atomic mass is 16.5. The lowest BCUT2D eigenvalue weighted by Crippen LogP contribution is -2.37. The van der Waals surface area contributed by atoms with Crippen molar-refractivity contribution >= 4 is 5.91 Å². The summed E-state index contributed by atoms with van der Waals surface area (Å²) in [6, 6.07) is 2.86. The smallest absolute Gasteiger partial charge is 0.267 e. The first-order valence-corrected chi connectivity index (χ1v) is 7.19. The summed E-state index contributed by atoms with van der Waals surface area (Å²) in [6.45, 7) is 4.04. The van der Waals surface area contributed by atoms with E-state index in [1.807, 2.05) is 0 Å². The Bertz CT molecular complexity index is 751. The number of rotatable bonds is 3. The molecule has 1 saturated heterocycles. The van der Waals surface area contributed by atoms with Gasteiger partial charge in [-0.3, -0.25) is 9.59 Å². The molecule has 3 heterocycles. The number of carbonyl (C=O) groups is 1. The molecule has 1 atom stereocenters. The Balaban J connectivity index is 1.79. The summed E-state index contributed by atoms with van der Waals surface area (Å²) >= 11 is 0. The van der Waals surface area contributed by atoms with Crippen LogP contribution in [0.4, 0.5) is 0 Å². The van der Waals surface area contributed by atoms with Gasteiger partial charge in [-0.15, -0.1) is 0 Å². The molecule has 0 N–H and O–H groups in total. The second kappa shape index (κ2) is 5.70. The lowest BCUT2D eigenvalue weighted by Gasteiger charge is -2.22. The molecular formula is C14H17N5O3. The molecule has 8 nitrogen and oxygen atoms in total. The molecule has 0 saturated carbocycles. The van der Waals surface area contributed by atoms with Crippen LogP contribution < -0.4 is 5.56 Å². The fraction of sp³-hybridized carbons (Fsp3) is 0.500. The van der Waals surface area contributed by atoms with Crippen LogP contribution in [0.25, 0.3) is 0 Å². The van der Waals surface area contributed by atoms with Gasteiger partial charge in [0.1, 0.15) is 6.54 Å². The molecule has 0 spiro atoms. The minimum Gasteiger partial charge on any atom is -0.340 e. The standard InChI is InChI=1S/C14H17N5O3/c1-9-5-6-12(20)19(16-9)8-13(21)18-7-3-4-11(18)14-15-10(2)22-17-14/h5-6,11H,3-4,7-8H2,1-2H3/t11-/m0/s1. The van der Waals surface area contributed by atoms with Crippen LogP contribution in [0, 0.1) is 13.8 Å². The molecule has 0 aromatic carbocycles. The van der Waals surface area contributed by atoms with Crippen LogP contribution in [0.1, 0.15) is 36.3 Å². The van der Waals surface area contributed by atoms with Gasteiger partial charge in [0.2, 0.25) is 11.8 Å². The Labute approximate surface area is 126 Å². The van der Waals surface area contributed by atoms with Crippen molar-refractivity contribution in [3.63, 3.8) is 0 Å². The van der Waals surface area contributed by atoms with E-state index < -0.39 is 0 Å². The van der Waals surface area contributed by atoms with E-state index in [0.29, 0.717) is 24.0 Å². The van der Waals surface area contributed by atoms with Gasteiger partial charge < -0.3 is 9.42 Å². The first-order chi connectivity index (χ1) is 10.5. The number of aryl methyl sites for hydroxylation is 2. The molecule has 2 aromatic rings. The normalized spacial score (nSPS) is 17.9. The maximum absolute atomic E-state index is 12.5. The van der Waals surface area contributed by atoms with E-state index in [9.17, 15) is 9.59 Å². The zero-order valence-corrected chi connectivity index (χ0v) is 12.5. The number of likely N-dealkylation sites (tertiary alicyclic amines) is 1. The van der Waals surface area contributed by atoms with Gasteiger partial charge in [0.25, 0.3) is 5.56 Å². The monoisotopic (exact) mass is 303 g/mol. The summed E-state index contributed by atoms with van der Waals surface area (Å²) in [6.07, 6.45) is 1.67. The predicted octanol–water partition coefficient (Wildman–Crippen LogP) is 0.607. The highest BCUT2D eigenvalue weighted by Crippen LogP contribution is 2.30. The summed E-state index contributed by atoms with van der Waals surface area (Å²) < 4.78 is 6.18. The van der Waals surface area contributed by atoms with E-state index in [-0.39, 0.29) is 24.1 Å². The van der Waals surface area contributed by atoms with Crippen LogP contribution in [0.15, 0.2) is 21.5 Å². The number of nitrogens with zero attached hydrogens (tertiary/aromatic N) is 5. The van der Waals surface area contributed by atoms with Crippen LogP contribution in [0.3, 0.4) is 0 Å². The largest absolute Gasteiger partial charge is 0.340 e. The summed E-state index contributed by atoms with van der Waals surface area (Å²) in [5.41, 5.74) is 0.407. The molecule has 1 amide bonds. The lowest BCUT2D eigenvalue weighted by atomic mass is 10.2. The third kappa shape index (κ3) is 2.76. The quantitative estimate of drug-likeness (QED) is 0.824. The lowest BCUT2D eigenvalue weighted by molar-refractivity contribution is -0.133. The minimum atomic E-state index is -0.287. The Morgan fingerprint density at radius 2 is 2.23 bits per heavy atom. The van der Waals surface area contributed by atoms with Crippen molar-refractivity contribution < 1.29 is 9.32 Å². The Hall–Kier alpha value is -2.51.